The highest BCUT2D eigenvalue weighted by atomic mass is 16.5. The van der Waals surface area contributed by atoms with Crippen LogP contribution in [-0.2, 0) is 17.6 Å². The maximum absolute atomic E-state index is 13.6. The van der Waals surface area contributed by atoms with Crippen molar-refractivity contribution in [2.75, 3.05) is 20.2 Å². The molecule has 3 atom stereocenters. The van der Waals surface area contributed by atoms with Gasteiger partial charge in [0.05, 0.1) is 13.4 Å². The molecule has 1 aliphatic rings. The molecule has 0 bridgehead atoms. The molecule has 180 valence electrons. The van der Waals surface area contributed by atoms with Crippen LogP contribution in [0.2, 0.25) is 0 Å². The van der Waals surface area contributed by atoms with Crippen LogP contribution in [0.4, 0.5) is 4.79 Å². The molecule has 2 aromatic rings. The summed E-state index contributed by atoms with van der Waals surface area (Å²) in [4.78, 5) is 35.3. The topological polar surface area (TPSA) is 99.3 Å². The number of aromatic nitrogens is 2. The number of amides is 3. The number of ether oxygens (including phenoxy) is 1. The molecule has 1 aromatic heterocycles. The lowest BCUT2D eigenvalue weighted by molar-refractivity contribution is -0.137. The first-order valence-corrected chi connectivity index (χ1v) is 12.0. The van der Waals surface area contributed by atoms with Crippen LogP contribution in [0.5, 0.6) is 5.75 Å². The molecule has 3 N–H and O–H groups in total. The van der Waals surface area contributed by atoms with Gasteiger partial charge in [-0.3, -0.25) is 4.79 Å². The normalized spacial score (nSPS) is 19.1. The Morgan fingerprint density at radius 1 is 1.24 bits per heavy atom. The molecule has 0 saturated carbocycles. The zero-order chi connectivity index (χ0) is 23.6. The third-order valence-electron chi connectivity index (χ3n) is 6.59. The first-order chi connectivity index (χ1) is 16.0. The number of nitrogens with one attached hydrogen (secondary N) is 3. The van der Waals surface area contributed by atoms with Gasteiger partial charge in [-0.1, -0.05) is 32.4 Å². The van der Waals surface area contributed by atoms with Crippen LogP contribution in [-0.4, -0.2) is 59.1 Å². The first kappa shape index (κ1) is 24.6. The van der Waals surface area contributed by atoms with E-state index in [1.165, 1.54) is 0 Å². The smallest absolute Gasteiger partial charge is 0.315 e. The molecular formula is C25H37N5O3. The average Bonchev–Trinajstić information content (AvgIpc) is 3.36. The molecule has 2 heterocycles. The summed E-state index contributed by atoms with van der Waals surface area (Å²) < 4.78 is 5.24. The second kappa shape index (κ2) is 12.3. The Morgan fingerprint density at radius 2 is 2.03 bits per heavy atom. The average molecular weight is 456 g/mol. The maximum Gasteiger partial charge on any atom is 0.315 e. The quantitative estimate of drug-likeness (QED) is 0.512. The molecule has 0 radical (unpaired) electrons. The number of nitrogens with zero attached hydrogens (tertiary/aromatic N) is 2. The van der Waals surface area contributed by atoms with Gasteiger partial charge in [-0.05, 0) is 42.9 Å². The van der Waals surface area contributed by atoms with Crippen LogP contribution >= 0.6 is 0 Å². The van der Waals surface area contributed by atoms with Crippen LogP contribution in [0.15, 0.2) is 36.8 Å². The Labute approximate surface area is 196 Å². The van der Waals surface area contributed by atoms with Crippen LogP contribution < -0.4 is 15.4 Å². The van der Waals surface area contributed by atoms with E-state index in [9.17, 15) is 9.59 Å². The van der Waals surface area contributed by atoms with Gasteiger partial charge in [-0.15, -0.1) is 0 Å². The second-order valence-electron chi connectivity index (χ2n) is 8.72. The lowest BCUT2D eigenvalue weighted by Crippen LogP contribution is -2.56. The van der Waals surface area contributed by atoms with Crippen molar-refractivity contribution < 1.29 is 14.3 Å². The molecule has 1 aromatic carbocycles. The van der Waals surface area contributed by atoms with Crippen molar-refractivity contribution in [1.29, 1.82) is 0 Å². The van der Waals surface area contributed by atoms with Crippen molar-refractivity contribution in [3.05, 3.63) is 48.0 Å². The zero-order valence-corrected chi connectivity index (χ0v) is 20.0. The summed E-state index contributed by atoms with van der Waals surface area (Å²) in [6.07, 6.45) is 8.55. The van der Waals surface area contributed by atoms with E-state index in [4.69, 9.17) is 4.74 Å². The maximum atomic E-state index is 13.6. The SMILES string of the molecule is CCC1CCN(C(=O)C(Cc2ccc(OC)cc2)NC(=O)NCCc2cnc[nH]2)C(CC)C1. The van der Waals surface area contributed by atoms with Crippen LogP contribution in [0.3, 0.4) is 0 Å². The minimum Gasteiger partial charge on any atom is -0.497 e. The van der Waals surface area contributed by atoms with E-state index in [2.05, 4.69) is 34.4 Å². The van der Waals surface area contributed by atoms with Crippen LogP contribution in [0.1, 0.15) is 50.8 Å². The standard InChI is InChI=1S/C25H37N5O3/c1-4-18-11-13-30(21(5-2)14-18)24(31)23(15-19-6-8-22(33-3)9-7-19)29-25(32)27-12-10-20-16-26-17-28-20/h6-9,16-18,21,23H,4-5,10-15H2,1-3H3,(H,26,28)(H2,27,29,32). The fourth-order valence-corrected chi connectivity index (χ4v) is 4.52. The summed E-state index contributed by atoms with van der Waals surface area (Å²) in [5, 5.41) is 5.81. The summed E-state index contributed by atoms with van der Waals surface area (Å²) in [5.74, 6) is 1.42. The van der Waals surface area contributed by atoms with Gasteiger partial charge in [0.1, 0.15) is 11.8 Å². The van der Waals surface area contributed by atoms with Gasteiger partial charge < -0.3 is 25.3 Å². The molecule has 3 amide bonds. The van der Waals surface area contributed by atoms with Gasteiger partial charge in [0.15, 0.2) is 0 Å². The number of piperidine rings is 1. The monoisotopic (exact) mass is 455 g/mol. The number of carbonyl (C=O) groups excluding carboxylic acids is 2. The van der Waals surface area contributed by atoms with E-state index in [-0.39, 0.29) is 18.0 Å². The van der Waals surface area contributed by atoms with Gasteiger partial charge in [0.25, 0.3) is 0 Å². The fraction of sp³-hybridized carbons (Fsp3) is 0.560. The molecule has 1 saturated heterocycles. The van der Waals surface area contributed by atoms with Gasteiger partial charge in [0.2, 0.25) is 5.91 Å². The van der Waals surface area contributed by atoms with Crippen LogP contribution in [0.25, 0.3) is 0 Å². The molecular weight excluding hydrogens is 418 g/mol. The van der Waals surface area contributed by atoms with Gasteiger partial charge in [-0.25, -0.2) is 9.78 Å². The minimum absolute atomic E-state index is 0.00376. The molecule has 8 nitrogen and oxygen atoms in total. The lowest BCUT2D eigenvalue weighted by Gasteiger charge is -2.40. The van der Waals surface area contributed by atoms with Crippen LogP contribution in [0, 0.1) is 5.92 Å². The molecule has 1 fully saturated rings. The minimum atomic E-state index is -0.627. The molecule has 1 aliphatic heterocycles. The highest BCUT2D eigenvalue weighted by molar-refractivity contribution is 5.87. The third kappa shape index (κ3) is 6.97. The molecule has 3 rings (SSSR count). The summed E-state index contributed by atoms with van der Waals surface area (Å²) >= 11 is 0. The van der Waals surface area contributed by atoms with E-state index >= 15 is 0 Å². The Hall–Kier alpha value is -3.03. The van der Waals surface area contributed by atoms with E-state index in [1.807, 2.05) is 29.2 Å². The number of likely N-dealkylation sites (tertiary alicyclic amines) is 1. The highest BCUT2D eigenvalue weighted by Crippen LogP contribution is 2.28. The van der Waals surface area contributed by atoms with Crippen molar-refractivity contribution in [3.63, 3.8) is 0 Å². The van der Waals surface area contributed by atoms with Gasteiger partial charge in [0, 0.05) is 43.9 Å². The van der Waals surface area contributed by atoms with E-state index < -0.39 is 6.04 Å². The Bertz CT molecular complexity index is 869. The first-order valence-electron chi connectivity index (χ1n) is 12.0. The van der Waals surface area contributed by atoms with Crippen molar-refractivity contribution >= 4 is 11.9 Å². The number of urea groups is 1. The number of imidazole rings is 1. The predicted molar refractivity (Wildman–Crippen MR) is 128 cm³/mol. The number of hydrogen-bond donors (Lipinski definition) is 3. The van der Waals surface area contributed by atoms with Crippen molar-refractivity contribution in [2.45, 2.75) is 64.5 Å². The number of carbonyl (C=O) groups is 2. The summed E-state index contributed by atoms with van der Waals surface area (Å²) in [7, 11) is 1.63. The number of rotatable bonds is 10. The Kier molecular flexibility index (Phi) is 9.15. The summed E-state index contributed by atoms with van der Waals surface area (Å²) in [6, 6.07) is 6.90. The summed E-state index contributed by atoms with van der Waals surface area (Å²) in [6.45, 7) is 5.56. The van der Waals surface area contributed by atoms with E-state index in [0.29, 0.717) is 25.3 Å². The third-order valence-corrected chi connectivity index (χ3v) is 6.59. The molecule has 0 spiro atoms. The zero-order valence-electron chi connectivity index (χ0n) is 20.0. The fourth-order valence-electron chi connectivity index (χ4n) is 4.52. The summed E-state index contributed by atoms with van der Waals surface area (Å²) in [5.41, 5.74) is 1.93. The number of aromatic amines is 1. The number of benzene rings is 1. The largest absolute Gasteiger partial charge is 0.497 e. The lowest BCUT2D eigenvalue weighted by atomic mass is 9.87. The number of methoxy groups -OCH3 is 1. The second-order valence-corrected chi connectivity index (χ2v) is 8.72. The van der Waals surface area contributed by atoms with Crippen molar-refractivity contribution in [3.8, 4) is 5.75 Å². The Morgan fingerprint density at radius 3 is 2.67 bits per heavy atom. The van der Waals surface area contributed by atoms with Crippen molar-refractivity contribution in [1.82, 2.24) is 25.5 Å². The van der Waals surface area contributed by atoms with E-state index in [1.54, 1.807) is 19.6 Å². The van der Waals surface area contributed by atoms with Crippen molar-refractivity contribution in [2.24, 2.45) is 5.92 Å². The van der Waals surface area contributed by atoms with E-state index in [0.717, 1.165) is 49.2 Å². The van der Waals surface area contributed by atoms with Gasteiger partial charge >= 0.3 is 6.03 Å². The molecule has 3 unspecified atom stereocenters. The number of hydrogen-bond acceptors (Lipinski definition) is 4. The molecule has 33 heavy (non-hydrogen) atoms. The highest BCUT2D eigenvalue weighted by Gasteiger charge is 2.34. The predicted octanol–water partition coefficient (Wildman–Crippen LogP) is 3.30. The Balaban J connectivity index is 1.68. The molecule has 8 heteroatoms. The molecule has 0 aliphatic carbocycles. The number of H-pyrrole nitrogens is 1. The van der Waals surface area contributed by atoms with Gasteiger partial charge in [-0.2, -0.15) is 0 Å².